The van der Waals surface area contributed by atoms with Crippen molar-refractivity contribution < 1.29 is 14.7 Å². The maximum Gasteiger partial charge on any atom is 0.304 e. The first-order valence-corrected chi connectivity index (χ1v) is 6.82. The zero-order valence-electron chi connectivity index (χ0n) is 11.6. The number of hydrogen-bond acceptors (Lipinski definition) is 3. The molecular weight excluding hydrogens is 268 g/mol. The lowest BCUT2D eigenvalue weighted by atomic mass is 9.98. The summed E-state index contributed by atoms with van der Waals surface area (Å²) in [7, 11) is 0. The molecule has 1 amide bonds. The molecular formula is C13H25ClN2O3. The number of rotatable bonds is 7. The van der Waals surface area contributed by atoms with E-state index >= 15 is 0 Å². The van der Waals surface area contributed by atoms with Gasteiger partial charge in [0.2, 0.25) is 5.91 Å². The van der Waals surface area contributed by atoms with Crippen molar-refractivity contribution in [1.82, 2.24) is 10.2 Å². The standard InChI is InChI=1S/C13H24N2O3.ClH/c1-2-4-12(16)14-9-11-5-3-7-15(10-11)8-6-13(17)18;/h11H,2-10H2,1H3,(H,14,16)(H,17,18);1H. The number of carboxylic acids is 1. The second-order valence-electron chi connectivity index (χ2n) is 5.01. The molecule has 1 aliphatic heterocycles. The second kappa shape index (κ2) is 10.0. The molecule has 1 saturated heterocycles. The fourth-order valence-corrected chi connectivity index (χ4v) is 2.35. The predicted octanol–water partition coefficient (Wildman–Crippen LogP) is 1.51. The molecule has 0 aliphatic carbocycles. The van der Waals surface area contributed by atoms with Crippen LogP contribution in [-0.4, -0.2) is 48.1 Å². The van der Waals surface area contributed by atoms with Crippen molar-refractivity contribution in [3.63, 3.8) is 0 Å². The molecule has 0 bridgehead atoms. The minimum Gasteiger partial charge on any atom is -0.481 e. The van der Waals surface area contributed by atoms with Gasteiger partial charge in [-0.3, -0.25) is 9.59 Å². The summed E-state index contributed by atoms with van der Waals surface area (Å²) in [4.78, 5) is 24.1. The van der Waals surface area contributed by atoms with E-state index in [-0.39, 0.29) is 24.7 Å². The molecule has 1 atom stereocenters. The van der Waals surface area contributed by atoms with Crippen LogP contribution < -0.4 is 5.32 Å². The van der Waals surface area contributed by atoms with Gasteiger partial charge in [-0.05, 0) is 31.7 Å². The zero-order chi connectivity index (χ0) is 13.4. The van der Waals surface area contributed by atoms with E-state index in [0.717, 1.165) is 38.9 Å². The lowest BCUT2D eigenvalue weighted by molar-refractivity contribution is -0.137. The summed E-state index contributed by atoms with van der Waals surface area (Å²) in [6.07, 6.45) is 3.88. The average Bonchev–Trinajstić information content (AvgIpc) is 2.35. The number of carboxylic acid groups (broad SMARTS) is 1. The summed E-state index contributed by atoms with van der Waals surface area (Å²) >= 11 is 0. The highest BCUT2D eigenvalue weighted by Gasteiger charge is 2.20. The number of amides is 1. The second-order valence-corrected chi connectivity index (χ2v) is 5.01. The average molecular weight is 293 g/mol. The smallest absolute Gasteiger partial charge is 0.304 e. The molecule has 19 heavy (non-hydrogen) atoms. The number of carbonyl (C=O) groups excluding carboxylic acids is 1. The van der Waals surface area contributed by atoms with E-state index in [2.05, 4.69) is 10.2 Å². The molecule has 6 heteroatoms. The number of hydrogen-bond donors (Lipinski definition) is 2. The number of piperidine rings is 1. The summed E-state index contributed by atoms with van der Waals surface area (Å²) in [6, 6.07) is 0. The monoisotopic (exact) mass is 292 g/mol. The first kappa shape index (κ1) is 18.2. The largest absolute Gasteiger partial charge is 0.481 e. The molecule has 1 rings (SSSR count). The third kappa shape index (κ3) is 8.06. The van der Waals surface area contributed by atoms with Crippen molar-refractivity contribution in [2.24, 2.45) is 5.92 Å². The van der Waals surface area contributed by atoms with Crippen molar-refractivity contribution in [1.29, 1.82) is 0 Å². The van der Waals surface area contributed by atoms with Crippen molar-refractivity contribution >= 4 is 24.3 Å². The van der Waals surface area contributed by atoms with E-state index in [1.54, 1.807) is 0 Å². The molecule has 0 spiro atoms. The van der Waals surface area contributed by atoms with Crippen molar-refractivity contribution in [2.75, 3.05) is 26.2 Å². The summed E-state index contributed by atoms with van der Waals surface area (Å²) in [6.45, 7) is 5.22. The number of carbonyl (C=O) groups is 2. The van der Waals surface area contributed by atoms with Crippen LogP contribution in [0.1, 0.15) is 39.0 Å². The van der Waals surface area contributed by atoms with E-state index in [9.17, 15) is 9.59 Å². The highest BCUT2D eigenvalue weighted by Crippen LogP contribution is 2.15. The third-order valence-corrected chi connectivity index (χ3v) is 3.31. The Kier molecular flexibility index (Phi) is 9.61. The van der Waals surface area contributed by atoms with Gasteiger partial charge >= 0.3 is 5.97 Å². The molecule has 1 fully saturated rings. The first-order valence-electron chi connectivity index (χ1n) is 6.82. The summed E-state index contributed by atoms with van der Waals surface area (Å²) in [5.41, 5.74) is 0. The molecule has 0 radical (unpaired) electrons. The Hall–Kier alpha value is -0.810. The molecule has 2 N–H and O–H groups in total. The van der Waals surface area contributed by atoms with Gasteiger partial charge in [0, 0.05) is 26.1 Å². The Morgan fingerprint density at radius 2 is 2.11 bits per heavy atom. The van der Waals surface area contributed by atoms with E-state index in [1.165, 1.54) is 0 Å². The fraction of sp³-hybridized carbons (Fsp3) is 0.846. The number of nitrogens with zero attached hydrogens (tertiary/aromatic N) is 1. The molecule has 0 saturated carbocycles. The van der Waals surface area contributed by atoms with Gasteiger partial charge in [-0.25, -0.2) is 0 Å². The Bertz CT molecular complexity index is 287. The van der Waals surface area contributed by atoms with Gasteiger partial charge in [-0.1, -0.05) is 6.92 Å². The van der Waals surface area contributed by atoms with Crippen LogP contribution in [-0.2, 0) is 9.59 Å². The molecule has 5 nitrogen and oxygen atoms in total. The van der Waals surface area contributed by atoms with E-state index < -0.39 is 5.97 Å². The highest BCUT2D eigenvalue weighted by atomic mass is 35.5. The van der Waals surface area contributed by atoms with Gasteiger partial charge in [0.15, 0.2) is 0 Å². The predicted molar refractivity (Wildman–Crippen MR) is 76.6 cm³/mol. The summed E-state index contributed by atoms with van der Waals surface area (Å²) < 4.78 is 0. The van der Waals surface area contributed by atoms with Crippen LogP contribution in [0.3, 0.4) is 0 Å². The lowest BCUT2D eigenvalue weighted by Gasteiger charge is -2.32. The minimum absolute atomic E-state index is 0. The van der Waals surface area contributed by atoms with Gasteiger partial charge in [0.25, 0.3) is 0 Å². The van der Waals surface area contributed by atoms with Gasteiger partial charge in [0.1, 0.15) is 0 Å². The van der Waals surface area contributed by atoms with Crippen LogP contribution in [0.4, 0.5) is 0 Å². The van der Waals surface area contributed by atoms with Crippen LogP contribution >= 0.6 is 12.4 Å². The summed E-state index contributed by atoms with van der Waals surface area (Å²) in [5.74, 6) is -0.151. The highest BCUT2D eigenvalue weighted by molar-refractivity contribution is 5.85. The van der Waals surface area contributed by atoms with Crippen LogP contribution in [0.15, 0.2) is 0 Å². The topological polar surface area (TPSA) is 69.6 Å². The van der Waals surface area contributed by atoms with Crippen LogP contribution in [0.25, 0.3) is 0 Å². The molecule has 112 valence electrons. The van der Waals surface area contributed by atoms with Crippen molar-refractivity contribution in [2.45, 2.75) is 39.0 Å². The number of likely N-dealkylation sites (tertiary alicyclic amines) is 1. The van der Waals surface area contributed by atoms with Crippen LogP contribution in [0, 0.1) is 5.92 Å². The number of nitrogens with one attached hydrogen (secondary N) is 1. The zero-order valence-corrected chi connectivity index (χ0v) is 12.4. The van der Waals surface area contributed by atoms with E-state index in [1.807, 2.05) is 6.92 Å². The Balaban J connectivity index is 0.00000324. The first-order chi connectivity index (χ1) is 8.61. The Morgan fingerprint density at radius 3 is 2.74 bits per heavy atom. The van der Waals surface area contributed by atoms with E-state index in [0.29, 0.717) is 18.9 Å². The van der Waals surface area contributed by atoms with Gasteiger partial charge in [-0.2, -0.15) is 0 Å². The molecule has 1 heterocycles. The van der Waals surface area contributed by atoms with Gasteiger partial charge < -0.3 is 15.3 Å². The van der Waals surface area contributed by atoms with Crippen molar-refractivity contribution in [3.8, 4) is 0 Å². The number of aliphatic carboxylic acids is 1. The maximum atomic E-state index is 11.4. The molecule has 1 unspecified atom stereocenters. The lowest BCUT2D eigenvalue weighted by Crippen LogP contribution is -2.41. The van der Waals surface area contributed by atoms with Gasteiger partial charge in [-0.15, -0.1) is 12.4 Å². The Labute approximate surface area is 121 Å². The third-order valence-electron chi connectivity index (χ3n) is 3.31. The molecule has 1 aliphatic rings. The molecule has 0 aromatic carbocycles. The van der Waals surface area contributed by atoms with E-state index in [4.69, 9.17) is 5.11 Å². The van der Waals surface area contributed by atoms with Crippen LogP contribution in [0.2, 0.25) is 0 Å². The normalized spacial score (nSPS) is 19.5. The Morgan fingerprint density at radius 1 is 1.37 bits per heavy atom. The van der Waals surface area contributed by atoms with Crippen molar-refractivity contribution in [3.05, 3.63) is 0 Å². The molecule has 0 aromatic rings. The molecule has 0 aromatic heterocycles. The maximum absolute atomic E-state index is 11.4. The minimum atomic E-state index is -0.742. The number of halogens is 1. The van der Waals surface area contributed by atoms with Gasteiger partial charge in [0.05, 0.1) is 6.42 Å². The SMILES string of the molecule is CCCC(=O)NCC1CCCN(CCC(=O)O)C1.Cl. The van der Waals surface area contributed by atoms with Crippen LogP contribution in [0.5, 0.6) is 0 Å². The quantitative estimate of drug-likeness (QED) is 0.746. The summed E-state index contributed by atoms with van der Waals surface area (Å²) in [5, 5.41) is 11.6. The fourth-order valence-electron chi connectivity index (χ4n) is 2.35.